The number of hydrogen-bond donors (Lipinski definition) is 1. The lowest BCUT2D eigenvalue weighted by Crippen LogP contribution is -2.22. The van der Waals surface area contributed by atoms with Crippen LogP contribution < -0.4 is 0 Å². The predicted octanol–water partition coefficient (Wildman–Crippen LogP) is 4.64. The highest BCUT2D eigenvalue weighted by molar-refractivity contribution is 5.86. The van der Waals surface area contributed by atoms with Crippen molar-refractivity contribution in [2.45, 2.75) is 12.3 Å². The Hall–Kier alpha value is -3.14. The third kappa shape index (κ3) is 1.80. The van der Waals surface area contributed by atoms with E-state index in [1.165, 1.54) is 6.07 Å². The summed E-state index contributed by atoms with van der Waals surface area (Å²) in [6.07, 6.45) is 0. The Morgan fingerprint density at radius 1 is 0.958 bits per heavy atom. The maximum Gasteiger partial charge on any atom is 0.269 e. The third-order valence-electron chi connectivity index (χ3n) is 4.95. The van der Waals surface area contributed by atoms with Gasteiger partial charge >= 0.3 is 0 Å². The first kappa shape index (κ1) is 14.5. The predicted molar refractivity (Wildman–Crippen MR) is 92.2 cm³/mol. The molecule has 0 spiro atoms. The number of hydrogen-bond acceptors (Lipinski definition) is 3. The Balaban J connectivity index is 2.07. The van der Waals surface area contributed by atoms with Crippen LogP contribution in [0.1, 0.15) is 23.6 Å². The summed E-state index contributed by atoms with van der Waals surface area (Å²) in [5.41, 5.74) is 4.15. The maximum absolute atomic E-state index is 11.2. The van der Waals surface area contributed by atoms with Crippen molar-refractivity contribution in [3.05, 3.63) is 93.5 Å². The minimum atomic E-state index is -0.545. The number of phenolic OH excluding ortho intramolecular Hbond substituents is 1. The highest BCUT2D eigenvalue weighted by Gasteiger charge is 2.42. The van der Waals surface area contributed by atoms with Crippen LogP contribution in [0.5, 0.6) is 5.75 Å². The van der Waals surface area contributed by atoms with Gasteiger partial charge in [0.2, 0.25) is 0 Å². The second kappa shape index (κ2) is 4.93. The Labute approximate surface area is 139 Å². The molecule has 1 atom stereocenters. The molecule has 0 heterocycles. The largest absolute Gasteiger partial charge is 0.507 e. The molecule has 4 rings (SSSR count). The average Bonchev–Trinajstić information content (AvgIpc) is 2.87. The molecule has 0 saturated heterocycles. The van der Waals surface area contributed by atoms with Crippen molar-refractivity contribution in [2.75, 3.05) is 0 Å². The molecule has 0 fully saturated rings. The van der Waals surface area contributed by atoms with Crippen LogP contribution in [0.2, 0.25) is 0 Å². The van der Waals surface area contributed by atoms with Crippen molar-refractivity contribution < 1.29 is 10.0 Å². The van der Waals surface area contributed by atoms with Crippen molar-refractivity contribution in [3.63, 3.8) is 0 Å². The van der Waals surface area contributed by atoms with Crippen molar-refractivity contribution in [1.29, 1.82) is 0 Å². The molecule has 1 aliphatic rings. The van der Waals surface area contributed by atoms with Crippen LogP contribution in [0.25, 0.3) is 11.1 Å². The van der Waals surface area contributed by atoms with E-state index in [2.05, 4.69) is 6.92 Å². The Kier molecular flexibility index (Phi) is 2.97. The second-order valence-corrected chi connectivity index (χ2v) is 6.18. The van der Waals surface area contributed by atoms with Crippen LogP contribution >= 0.6 is 0 Å². The van der Waals surface area contributed by atoms with Gasteiger partial charge in [0, 0.05) is 23.1 Å². The number of fused-ring (bicyclic) bond motifs is 3. The molecule has 1 aliphatic carbocycles. The van der Waals surface area contributed by atoms with E-state index in [-0.39, 0.29) is 16.4 Å². The molecule has 4 nitrogen and oxygen atoms in total. The number of benzene rings is 3. The van der Waals surface area contributed by atoms with Gasteiger partial charge in [0.1, 0.15) is 5.75 Å². The summed E-state index contributed by atoms with van der Waals surface area (Å²) in [5.74, 6) is 0.231. The Morgan fingerprint density at radius 3 is 2.46 bits per heavy atom. The molecule has 4 heteroatoms. The van der Waals surface area contributed by atoms with E-state index in [0.717, 1.165) is 27.8 Å². The van der Waals surface area contributed by atoms with Crippen LogP contribution in [-0.4, -0.2) is 10.0 Å². The van der Waals surface area contributed by atoms with Crippen LogP contribution in [-0.2, 0) is 5.41 Å². The first-order chi connectivity index (χ1) is 11.5. The SMILES string of the molecule is CC1(c2cccc([N+](=O)[O-])c2)c2ccccc2-c2c(O)cccc21. The molecule has 0 radical (unpaired) electrons. The van der Waals surface area contributed by atoms with Gasteiger partial charge in [0.15, 0.2) is 0 Å². The molecular formula is C20H15NO3. The zero-order valence-corrected chi connectivity index (χ0v) is 13.1. The Bertz CT molecular complexity index is 980. The molecule has 1 N–H and O–H groups in total. The molecule has 0 aromatic heterocycles. The van der Waals surface area contributed by atoms with Gasteiger partial charge < -0.3 is 5.11 Å². The summed E-state index contributed by atoms with van der Waals surface area (Å²) in [6.45, 7) is 2.05. The zero-order chi connectivity index (χ0) is 16.9. The van der Waals surface area contributed by atoms with Crippen LogP contribution in [0.15, 0.2) is 66.7 Å². The highest BCUT2D eigenvalue weighted by atomic mass is 16.6. The van der Waals surface area contributed by atoms with E-state index < -0.39 is 5.41 Å². The molecule has 0 saturated carbocycles. The summed E-state index contributed by atoms with van der Waals surface area (Å²) in [7, 11) is 0. The van der Waals surface area contributed by atoms with Gasteiger partial charge in [-0.05, 0) is 35.2 Å². The standard InChI is InChI=1S/C20H15NO3/c1-20(13-6-4-7-14(12-13)21(23)24)16-9-3-2-8-15(16)19-17(20)10-5-11-18(19)22/h2-12,22H,1H3. The maximum atomic E-state index is 11.2. The number of phenols is 1. The average molecular weight is 317 g/mol. The Morgan fingerprint density at radius 2 is 1.67 bits per heavy atom. The van der Waals surface area contributed by atoms with Crippen LogP contribution in [0.4, 0.5) is 5.69 Å². The molecule has 0 bridgehead atoms. The quantitative estimate of drug-likeness (QED) is 0.553. The van der Waals surface area contributed by atoms with Crippen molar-refractivity contribution in [3.8, 4) is 16.9 Å². The summed E-state index contributed by atoms with van der Waals surface area (Å²) >= 11 is 0. The van der Waals surface area contributed by atoms with E-state index in [4.69, 9.17) is 0 Å². The number of aromatic hydroxyl groups is 1. The fraction of sp³-hybridized carbons (Fsp3) is 0.100. The van der Waals surface area contributed by atoms with Gasteiger partial charge in [-0.2, -0.15) is 0 Å². The van der Waals surface area contributed by atoms with Gasteiger partial charge in [0.05, 0.1) is 4.92 Å². The van der Waals surface area contributed by atoms with Gasteiger partial charge in [-0.1, -0.05) is 48.5 Å². The fourth-order valence-corrected chi connectivity index (χ4v) is 3.76. The van der Waals surface area contributed by atoms with E-state index in [0.29, 0.717) is 0 Å². The van der Waals surface area contributed by atoms with Gasteiger partial charge in [-0.25, -0.2) is 0 Å². The van der Waals surface area contributed by atoms with Crippen molar-refractivity contribution in [1.82, 2.24) is 0 Å². The highest BCUT2D eigenvalue weighted by Crippen LogP contribution is 2.54. The monoisotopic (exact) mass is 317 g/mol. The number of nitro benzene ring substituents is 1. The van der Waals surface area contributed by atoms with Crippen molar-refractivity contribution >= 4 is 5.69 Å². The normalized spacial score (nSPS) is 18.0. The minimum Gasteiger partial charge on any atom is -0.507 e. The molecule has 1 unspecified atom stereocenters. The summed E-state index contributed by atoms with van der Waals surface area (Å²) in [4.78, 5) is 10.8. The summed E-state index contributed by atoms with van der Waals surface area (Å²) in [5, 5.41) is 21.6. The summed E-state index contributed by atoms with van der Waals surface area (Å²) in [6, 6.07) is 20.1. The molecule has 0 aliphatic heterocycles. The minimum absolute atomic E-state index is 0.0693. The molecule has 118 valence electrons. The fourth-order valence-electron chi connectivity index (χ4n) is 3.76. The molecule has 3 aromatic rings. The van der Waals surface area contributed by atoms with E-state index in [9.17, 15) is 15.2 Å². The topological polar surface area (TPSA) is 63.4 Å². The van der Waals surface area contributed by atoms with Crippen molar-refractivity contribution in [2.24, 2.45) is 0 Å². The van der Waals surface area contributed by atoms with Gasteiger partial charge in [-0.15, -0.1) is 0 Å². The van der Waals surface area contributed by atoms with Gasteiger partial charge in [-0.3, -0.25) is 10.1 Å². The first-order valence-corrected chi connectivity index (χ1v) is 7.71. The van der Waals surface area contributed by atoms with Gasteiger partial charge in [0.25, 0.3) is 5.69 Å². The van der Waals surface area contributed by atoms with E-state index >= 15 is 0 Å². The molecule has 3 aromatic carbocycles. The number of nitrogens with zero attached hydrogens (tertiary/aromatic N) is 1. The van der Waals surface area contributed by atoms with Crippen LogP contribution in [0.3, 0.4) is 0 Å². The molecule has 0 amide bonds. The van der Waals surface area contributed by atoms with E-state index in [1.807, 2.05) is 42.5 Å². The first-order valence-electron chi connectivity index (χ1n) is 7.71. The lowest BCUT2D eigenvalue weighted by Gasteiger charge is -2.28. The third-order valence-corrected chi connectivity index (χ3v) is 4.95. The van der Waals surface area contributed by atoms with E-state index in [1.54, 1.807) is 18.2 Å². The zero-order valence-electron chi connectivity index (χ0n) is 13.1. The molecular weight excluding hydrogens is 302 g/mol. The number of nitro groups is 1. The second-order valence-electron chi connectivity index (χ2n) is 6.18. The summed E-state index contributed by atoms with van der Waals surface area (Å²) < 4.78 is 0. The number of non-ortho nitro benzene ring substituents is 1. The number of rotatable bonds is 2. The smallest absolute Gasteiger partial charge is 0.269 e. The lowest BCUT2D eigenvalue weighted by atomic mass is 9.74. The lowest BCUT2D eigenvalue weighted by molar-refractivity contribution is -0.384. The molecule has 24 heavy (non-hydrogen) atoms. The van der Waals surface area contributed by atoms with Crippen LogP contribution in [0, 0.1) is 10.1 Å².